The lowest BCUT2D eigenvalue weighted by Gasteiger charge is -2.01. The lowest BCUT2D eigenvalue weighted by atomic mass is 10.3. The molecule has 2 heterocycles. The Hall–Kier alpha value is -2.54. The van der Waals surface area contributed by atoms with Crippen LogP contribution in [0.5, 0.6) is 0 Å². The van der Waals surface area contributed by atoms with E-state index in [1.165, 1.54) is 12.3 Å². The van der Waals surface area contributed by atoms with Crippen LogP contribution in [0.2, 0.25) is 5.15 Å². The van der Waals surface area contributed by atoms with Gasteiger partial charge in [-0.3, -0.25) is 4.79 Å². The Labute approximate surface area is 122 Å². The van der Waals surface area contributed by atoms with Crippen LogP contribution in [0.3, 0.4) is 0 Å². The number of amides is 1. The zero-order valence-corrected chi connectivity index (χ0v) is 11.1. The fraction of sp³-hybridized carbons (Fsp3) is 0. The van der Waals surface area contributed by atoms with Crippen molar-refractivity contribution < 1.29 is 13.6 Å². The van der Waals surface area contributed by atoms with Crippen molar-refractivity contribution in [3.63, 3.8) is 0 Å². The van der Waals surface area contributed by atoms with Crippen molar-refractivity contribution in [1.29, 1.82) is 0 Å². The van der Waals surface area contributed by atoms with E-state index in [4.69, 9.17) is 11.6 Å². The van der Waals surface area contributed by atoms with Crippen LogP contribution in [-0.2, 0) is 0 Å². The minimum absolute atomic E-state index is 0.0649. The third kappa shape index (κ3) is 2.68. The summed E-state index contributed by atoms with van der Waals surface area (Å²) in [5.41, 5.74) is 0.809. The molecule has 0 spiro atoms. The molecule has 2 N–H and O–H groups in total. The first kappa shape index (κ1) is 13.4. The molecule has 0 bridgehead atoms. The summed E-state index contributed by atoms with van der Waals surface area (Å²) in [6.45, 7) is 0. The first-order valence-corrected chi connectivity index (χ1v) is 6.18. The summed E-state index contributed by atoms with van der Waals surface area (Å²) in [4.78, 5) is 22.3. The van der Waals surface area contributed by atoms with E-state index in [-0.39, 0.29) is 16.9 Å². The van der Waals surface area contributed by atoms with Gasteiger partial charge in [-0.25, -0.2) is 18.7 Å². The van der Waals surface area contributed by atoms with Gasteiger partial charge in [0.25, 0.3) is 5.91 Å². The Morgan fingerprint density at radius 1 is 1.24 bits per heavy atom. The number of hydrogen-bond acceptors (Lipinski definition) is 3. The van der Waals surface area contributed by atoms with Gasteiger partial charge < -0.3 is 10.3 Å². The number of fused-ring (bicyclic) bond motifs is 1. The highest BCUT2D eigenvalue weighted by Crippen LogP contribution is 2.17. The molecule has 1 amide bonds. The summed E-state index contributed by atoms with van der Waals surface area (Å²) >= 11 is 5.63. The van der Waals surface area contributed by atoms with Gasteiger partial charge in [0, 0.05) is 12.1 Å². The molecular formula is C13H7ClF2N4O. The number of nitrogens with one attached hydrogen (secondary N) is 2. The van der Waals surface area contributed by atoms with Gasteiger partial charge in [-0.15, -0.1) is 0 Å². The van der Waals surface area contributed by atoms with Crippen LogP contribution in [0.25, 0.3) is 11.0 Å². The number of carbonyl (C=O) groups is 1. The summed E-state index contributed by atoms with van der Waals surface area (Å²) in [6, 6.07) is 4.94. The summed E-state index contributed by atoms with van der Waals surface area (Å²) in [5, 5.41) is 2.83. The SMILES string of the molecule is O=C(Nc1ccc(Cl)nc1)c1nc2cc(F)c(F)cc2[nH]1. The summed E-state index contributed by atoms with van der Waals surface area (Å²) in [5.74, 6) is -2.66. The maximum atomic E-state index is 13.1. The van der Waals surface area contributed by atoms with Crippen LogP contribution in [-0.4, -0.2) is 20.9 Å². The number of carbonyl (C=O) groups excluding carboxylic acids is 1. The van der Waals surface area contributed by atoms with E-state index in [0.29, 0.717) is 10.8 Å². The molecule has 1 aromatic carbocycles. The van der Waals surface area contributed by atoms with Crippen molar-refractivity contribution in [2.45, 2.75) is 0 Å². The Kier molecular flexibility index (Phi) is 3.26. The van der Waals surface area contributed by atoms with Crippen molar-refractivity contribution in [2.24, 2.45) is 0 Å². The zero-order chi connectivity index (χ0) is 15.0. The highest BCUT2D eigenvalue weighted by atomic mass is 35.5. The standard InChI is InChI=1S/C13H7ClF2N4O/c14-11-2-1-6(5-17-11)18-13(21)12-19-9-3-7(15)8(16)4-10(9)20-12/h1-5H,(H,18,21)(H,19,20). The van der Waals surface area contributed by atoms with Crippen LogP contribution in [0.4, 0.5) is 14.5 Å². The Balaban J connectivity index is 1.89. The number of halogens is 3. The summed E-state index contributed by atoms with van der Waals surface area (Å²) in [6.07, 6.45) is 1.38. The smallest absolute Gasteiger partial charge is 0.291 e. The predicted octanol–water partition coefficient (Wildman–Crippen LogP) is 3.14. The van der Waals surface area contributed by atoms with Crippen molar-refractivity contribution in [2.75, 3.05) is 5.32 Å². The molecule has 106 valence electrons. The molecule has 2 aromatic heterocycles. The molecule has 0 atom stereocenters. The molecular weight excluding hydrogens is 302 g/mol. The van der Waals surface area contributed by atoms with E-state index in [1.807, 2.05) is 0 Å². The van der Waals surface area contributed by atoms with Crippen LogP contribution >= 0.6 is 11.6 Å². The molecule has 0 aliphatic rings. The number of H-pyrrole nitrogens is 1. The number of aromatic amines is 1. The molecule has 5 nitrogen and oxygen atoms in total. The van der Waals surface area contributed by atoms with E-state index in [2.05, 4.69) is 20.3 Å². The zero-order valence-electron chi connectivity index (χ0n) is 10.3. The van der Waals surface area contributed by atoms with Crippen molar-refractivity contribution in [3.05, 3.63) is 53.1 Å². The van der Waals surface area contributed by atoms with Crippen LogP contribution in [0.15, 0.2) is 30.5 Å². The topological polar surface area (TPSA) is 70.7 Å². The quantitative estimate of drug-likeness (QED) is 0.714. The van der Waals surface area contributed by atoms with Gasteiger partial charge >= 0.3 is 0 Å². The van der Waals surface area contributed by atoms with Gasteiger partial charge in [0.1, 0.15) is 5.15 Å². The molecule has 0 aliphatic heterocycles. The molecule has 3 aromatic rings. The van der Waals surface area contributed by atoms with E-state index < -0.39 is 17.5 Å². The van der Waals surface area contributed by atoms with Crippen molar-refractivity contribution >= 4 is 34.2 Å². The van der Waals surface area contributed by atoms with Crippen molar-refractivity contribution in [1.82, 2.24) is 15.0 Å². The van der Waals surface area contributed by atoms with Gasteiger partial charge in [-0.2, -0.15) is 0 Å². The minimum Gasteiger partial charge on any atom is -0.334 e. The largest absolute Gasteiger partial charge is 0.334 e. The molecule has 0 fully saturated rings. The Bertz CT molecular complexity index is 793. The number of hydrogen-bond donors (Lipinski definition) is 2. The van der Waals surface area contributed by atoms with Crippen LogP contribution < -0.4 is 5.32 Å². The molecule has 21 heavy (non-hydrogen) atoms. The average molecular weight is 309 g/mol. The molecule has 0 aliphatic carbocycles. The second kappa shape index (κ2) is 5.10. The average Bonchev–Trinajstić information content (AvgIpc) is 2.85. The first-order valence-electron chi connectivity index (χ1n) is 5.80. The second-order valence-corrected chi connectivity index (χ2v) is 4.58. The fourth-order valence-corrected chi connectivity index (χ4v) is 1.86. The second-order valence-electron chi connectivity index (χ2n) is 4.19. The Morgan fingerprint density at radius 3 is 2.71 bits per heavy atom. The van der Waals surface area contributed by atoms with Gasteiger partial charge in [-0.1, -0.05) is 11.6 Å². The molecule has 0 saturated heterocycles. The molecule has 8 heteroatoms. The minimum atomic E-state index is -1.03. The highest BCUT2D eigenvalue weighted by Gasteiger charge is 2.14. The van der Waals surface area contributed by atoms with E-state index >= 15 is 0 Å². The van der Waals surface area contributed by atoms with E-state index in [1.54, 1.807) is 6.07 Å². The van der Waals surface area contributed by atoms with Gasteiger partial charge in [0.05, 0.1) is 22.9 Å². The lowest BCUT2D eigenvalue weighted by molar-refractivity contribution is 0.101. The van der Waals surface area contributed by atoms with Crippen LogP contribution in [0.1, 0.15) is 10.6 Å². The van der Waals surface area contributed by atoms with Crippen molar-refractivity contribution in [3.8, 4) is 0 Å². The molecule has 0 radical (unpaired) electrons. The Morgan fingerprint density at radius 2 is 2.00 bits per heavy atom. The maximum absolute atomic E-state index is 13.1. The predicted molar refractivity (Wildman–Crippen MR) is 73.2 cm³/mol. The number of pyridine rings is 1. The lowest BCUT2D eigenvalue weighted by Crippen LogP contribution is -2.13. The third-order valence-corrected chi connectivity index (χ3v) is 2.95. The number of benzene rings is 1. The van der Waals surface area contributed by atoms with Gasteiger partial charge in [0.2, 0.25) is 0 Å². The summed E-state index contributed by atoms with van der Waals surface area (Å²) < 4.78 is 26.2. The molecule has 0 unspecified atom stereocenters. The summed E-state index contributed by atoms with van der Waals surface area (Å²) in [7, 11) is 0. The van der Waals surface area contributed by atoms with Gasteiger partial charge in [-0.05, 0) is 12.1 Å². The maximum Gasteiger partial charge on any atom is 0.291 e. The highest BCUT2D eigenvalue weighted by molar-refractivity contribution is 6.29. The normalized spacial score (nSPS) is 10.8. The van der Waals surface area contributed by atoms with E-state index in [9.17, 15) is 13.6 Å². The first-order chi connectivity index (χ1) is 10.0. The fourth-order valence-electron chi connectivity index (χ4n) is 1.75. The molecule has 3 rings (SSSR count). The monoisotopic (exact) mass is 308 g/mol. The number of imidazole rings is 1. The number of nitrogens with zero attached hydrogens (tertiary/aromatic N) is 2. The number of rotatable bonds is 2. The van der Waals surface area contributed by atoms with E-state index in [0.717, 1.165) is 12.1 Å². The van der Waals surface area contributed by atoms with Gasteiger partial charge in [0.15, 0.2) is 17.5 Å². The third-order valence-electron chi connectivity index (χ3n) is 2.72. The number of aromatic nitrogens is 3. The number of anilines is 1. The molecule has 0 saturated carbocycles. The van der Waals surface area contributed by atoms with Crippen LogP contribution in [0, 0.1) is 11.6 Å².